The van der Waals surface area contributed by atoms with Crippen molar-refractivity contribution in [1.29, 1.82) is 0 Å². The summed E-state index contributed by atoms with van der Waals surface area (Å²) in [5.41, 5.74) is 1.15. The fraction of sp³-hybridized carbons (Fsp3) is 0.562. The minimum absolute atomic E-state index is 0.0712. The van der Waals surface area contributed by atoms with E-state index in [0.29, 0.717) is 12.6 Å². The zero-order chi connectivity index (χ0) is 13.5. The smallest absolute Gasteiger partial charge is 0.234 e. The molecular weight excluding hydrogens is 236 g/mol. The Morgan fingerprint density at radius 3 is 2.58 bits per heavy atom. The van der Waals surface area contributed by atoms with Gasteiger partial charge in [0.25, 0.3) is 0 Å². The summed E-state index contributed by atoms with van der Waals surface area (Å²) in [6.07, 6.45) is 6.35. The largest absolute Gasteiger partial charge is 0.348 e. The molecule has 0 aliphatic heterocycles. The lowest BCUT2D eigenvalue weighted by molar-refractivity contribution is -0.121. The van der Waals surface area contributed by atoms with Gasteiger partial charge in [0.2, 0.25) is 5.91 Å². The van der Waals surface area contributed by atoms with Gasteiger partial charge in [-0.1, -0.05) is 49.6 Å². The number of hydrogen-bond donors (Lipinski definition) is 2. The molecule has 1 aliphatic carbocycles. The van der Waals surface area contributed by atoms with Gasteiger partial charge in [0.15, 0.2) is 0 Å². The lowest BCUT2D eigenvalue weighted by atomic mass is 9.95. The maximum atomic E-state index is 11.9. The van der Waals surface area contributed by atoms with Crippen LogP contribution in [-0.4, -0.2) is 18.5 Å². The normalized spacial score (nSPS) is 17.9. The van der Waals surface area contributed by atoms with Crippen molar-refractivity contribution in [2.45, 2.75) is 51.1 Å². The minimum Gasteiger partial charge on any atom is -0.348 e. The zero-order valence-corrected chi connectivity index (χ0v) is 11.7. The van der Waals surface area contributed by atoms with Gasteiger partial charge in [-0.3, -0.25) is 4.79 Å². The molecule has 0 spiro atoms. The first-order valence-electron chi connectivity index (χ1n) is 7.33. The van der Waals surface area contributed by atoms with Gasteiger partial charge in [-0.25, -0.2) is 0 Å². The molecule has 3 nitrogen and oxygen atoms in total. The number of carbonyl (C=O) groups is 1. The van der Waals surface area contributed by atoms with Crippen molar-refractivity contribution in [3.8, 4) is 0 Å². The molecule has 0 heterocycles. The molecule has 104 valence electrons. The number of carbonyl (C=O) groups excluding carboxylic acids is 1. The van der Waals surface area contributed by atoms with Gasteiger partial charge in [-0.05, 0) is 25.3 Å². The number of amides is 1. The van der Waals surface area contributed by atoms with Crippen LogP contribution in [0.4, 0.5) is 0 Å². The third-order valence-electron chi connectivity index (χ3n) is 3.83. The molecule has 1 unspecified atom stereocenters. The molecule has 0 bridgehead atoms. The molecule has 1 fully saturated rings. The van der Waals surface area contributed by atoms with Crippen LogP contribution in [0.25, 0.3) is 0 Å². The van der Waals surface area contributed by atoms with Crippen molar-refractivity contribution in [1.82, 2.24) is 10.6 Å². The molecule has 0 radical (unpaired) electrons. The van der Waals surface area contributed by atoms with Gasteiger partial charge in [0, 0.05) is 6.04 Å². The first-order chi connectivity index (χ1) is 9.25. The summed E-state index contributed by atoms with van der Waals surface area (Å²) in [5.74, 6) is 0.0851. The highest BCUT2D eigenvalue weighted by molar-refractivity contribution is 5.78. The van der Waals surface area contributed by atoms with Crippen molar-refractivity contribution >= 4 is 5.91 Å². The molecule has 1 amide bonds. The Hall–Kier alpha value is -1.35. The summed E-state index contributed by atoms with van der Waals surface area (Å²) >= 11 is 0. The number of hydrogen-bond acceptors (Lipinski definition) is 2. The Morgan fingerprint density at radius 1 is 1.21 bits per heavy atom. The fourth-order valence-electron chi connectivity index (χ4n) is 2.66. The molecule has 0 aromatic heterocycles. The quantitative estimate of drug-likeness (QED) is 0.854. The molecule has 2 rings (SSSR count). The van der Waals surface area contributed by atoms with E-state index in [0.717, 1.165) is 5.56 Å². The topological polar surface area (TPSA) is 41.1 Å². The molecule has 3 heteroatoms. The predicted molar refractivity (Wildman–Crippen MR) is 77.9 cm³/mol. The van der Waals surface area contributed by atoms with E-state index in [1.807, 2.05) is 37.3 Å². The van der Waals surface area contributed by atoms with Crippen LogP contribution >= 0.6 is 0 Å². The molecular formula is C16H24N2O. The van der Waals surface area contributed by atoms with Gasteiger partial charge in [0.05, 0.1) is 12.6 Å². The van der Waals surface area contributed by atoms with E-state index in [2.05, 4.69) is 10.6 Å². The van der Waals surface area contributed by atoms with Crippen LogP contribution in [0.3, 0.4) is 0 Å². The third-order valence-corrected chi connectivity index (χ3v) is 3.83. The molecule has 1 aromatic carbocycles. The molecule has 1 saturated carbocycles. The first-order valence-corrected chi connectivity index (χ1v) is 7.33. The average Bonchev–Trinajstić information content (AvgIpc) is 2.47. The van der Waals surface area contributed by atoms with E-state index < -0.39 is 0 Å². The summed E-state index contributed by atoms with van der Waals surface area (Å²) in [4.78, 5) is 11.9. The first kappa shape index (κ1) is 14.1. The summed E-state index contributed by atoms with van der Waals surface area (Å²) < 4.78 is 0. The van der Waals surface area contributed by atoms with E-state index in [9.17, 15) is 4.79 Å². The van der Waals surface area contributed by atoms with Crippen molar-refractivity contribution < 1.29 is 4.79 Å². The second kappa shape index (κ2) is 7.29. The highest BCUT2D eigenvalue weighted by atomic mass is 16.1. The van der Waals surface area contributed by atoms with E-state index in [1.165, 1.54) is 32.1 Å². The van der Waals surface area contributed by atoms with Gasteiger partial charge in [0.1, 0.15) is 0 Å². The molecule has 19 heavy (non-hydrogen) atoms. The van der Waals surface area contributed by atoms with Crippen LogP contribution in [0.15, 0.2) is 30.3 Å². The Labute approximate surface area is 115 Å². The maximum absolute atomic E-state index is 11.9. The Balaban J connectivity index is 1.71. The average molecular weight is 260 g/mol. The highest BCUT2D eigenvalue weighted by Crippen LogP contribution is 2.17. The monoisotopic (exact) mass is 260 g/mol. The van der Waals surface area contributed by atoms with Crippen molar-refractivity contribution in [2.75, 3.05) is 6.54 Å². The summed E-state index contributed by atoms with van der Waals surface area (Å²) in [6, 6.07) is 10.7. The lowest BCUT2D eigenvalue weighted by Crippen LogP contribution is -2.40. The summed E-state index contributed by atoms with van der Waals surface area (Å²) in [7, 11) is 0. The second-order valence-corrected chi connectivity index (χ2v) is 5.42. The van der Waals surface area contributed by atoms with Crippen molar-refractivity contribution in [2.24, 2.45) is 0 Å². The minimum atomic E-state index is 0.0712. The van der Waals surface area contributed by atoms with Crippen molar-refractivity contribution in [3.05, 3.63) is 35.9 Å². The van der Waals surface area contributed by atoms with Crippen LogP contribution in [0, 0.1) is 0 Å². The lowest BCUT2D eigenvalue weighted by Gasteiger charge is -2.23. The number of rotatable bonds is 5. The molecule has 1 aromatic rings. The Bertz CT molecular complexity index is 385. The number of benzene rings is 1. The third kappa shape index (κ3) is 4.67. The second-order valence-electron chi connectivity index (χ2n) is 5.42. The van der Waals surface area contributed by atoms with Gasteiger partial charge in [-0.15, -0.1) is 0 Å². The van der Waals surface area contributed by atoms with Crippen LogP contribution in [-0.2, 0) is 4.79 Å². The van der Waals surface area contributed by atoms with E-state index in [-0.39, 0.29) is 11.9 Å². The van der Waals surface area contributed by atoms with Crippen LogP contribution in [0.2, 0.25) is 0 Å². The molecule has 1 atom stereocenters. The highest BCUT2D eigenvalue weighted by Gasteiger charge is 2.14. The number of nitrogens with one attached hydrogen (secondary N) is 2. The van der Waals surface area contributed by atoms with Gasteiger partial charge in [-0.2, -0.15) is 0 Å². The predicted octanol–water partition coefficient (Wildman–Crippen LogP) is 2.79. The Kier molecular flexibility index (Phi) is 5.40. The summed E-state index contributed by atoms with van der Waals surface area (Å²) in [5, 5.41) is 6.40. The van der Waals surface area contributed by atoms with Crippen molar-refractivity contribution in [3.63, 3.8) is 0 Å². The molecule has 2 N–H and O–H groups in total. The fourth-order valence-corrected chi connectivity index (χ4v) is 2.66. The molecule has 0 saturated heterocycles. The standard InChI is InChI=1S/C16H24N2O/c1-13(14-8-4-2-5-9-14)18-16(19)12-17-15-10-6-3-7-11-15/h2,4-5,8-9,13,15,17H,3,6-7,10-12H2,1H3,(H,18,19). The zero-order valence-electron chi connectivity index (χ0n) is 11.7. The van der Waals surface area contributed by atoms with E-state index >= 15 is 0 Å². The van der Waals surface area contributed by atoms with Crippen LogP contribution in [0.5, 0.6) is 0 Å². The maximum Gasteiger partial charge on any atom is 0.234 e. The Morgan fingerprint density at radius 2 is 1.89 bits per heavy atom. The van der Waals surface area contributed by atoms with E-state index in [1.54, 1.807) is 0 Å². The molecule has 1 aliphatic rings. The SMILES string of the molecule is CC(NC(=O)CNC1CCCCC1)c1ccccc1. The van der Waals surface area contributed by atoms with Crippen LogP contribution < -0.4 is 10.6 Å². The summed E-state index contributed by atoms with van der Waals surface area (Å²) in [6.45, 7) is 2.45. The van der Waals surface area contributed by atoms with Gasteiger partial charge < -0.3 is 10.6 Å². The van der Waals surface area contributed by atoms with Gasteiger partial charge >= 0.3 is 0 Å². The van der Waals surface area contributed by atoms with Crippen LogP contribution in [0.1, 0.15) is 50.6 Å². The van der Waals surface area contributed by atoms with E-state index in [4.69, 9.17) is 0 Å².